The Labute approximate surface area is 126 Å². The first-order valence-corrected chi connectivity index (χ1v) is 6.66. The number of benzene rings is 2. The number of ether oxygens (including phenoxy) is 1. The van der Waals surface area contributed by atoms with Crippen LogP contribution in [-0.4, -0.2) is 11.4 Å². The van der Waals surface area contributed by atoms with Crippen LogP contribution in [0.5, 0.6) is 5.75 Å². The highest BCUT2D eigenvalue weighted by Gasteiger charge is 2.20. The van der Waals surface area contributed by atoms with Crippen molar-refractivity contribution in [1.29, 1.82) is 0 Å². The highest BCUT2D eigenvalue weighted by molar-refractivity contribution is 6.09. The van der Waals surface area contributed by atoms with Crippen LogP contribution in [0.3, 0.4) is 0 Å². The predicted octanol–water partition coefficient (Wildman–Crippen LogP) is 4.51. The first-order valence-electron chi connectivity index (χ1n) is 6.66. The molecule has 0 bridgehead atoms. The Morgan fingerprint density at radius 2 is 1.45 bits per heavy atom. The van der Waals surface area contributed by atoms with Crippen molar-refractivity contribution in [2.75, 3.05) is 0 Å². The Morgan fingerprint density at radius 1 is 0.955 bits per heavy atom. The molecule has 0 radical (unpaired) electrons. The molecule has 2 rings (SSSR count). The molecule has 0 saturated heterocycles. The van der Waals surface area contributed by atoms with Crippen molar-refractivity contribution >= 4 is 5.78 Å². The average molecular weight is 308 g/mol. The van der Waals surface area contributed by atoms with Crippen LogP contribution >= 0.6 is 0 Å². The molecule has 0 saturated carbocycles. The van der Waals surface area contributed by atoms with Gasteiger partial charge in [-0.25, -0.2) is 13.2 Å². The summed E-state index contributed by atoms with van der Waals surface area (Å²) in [5.41, 5.74) is -1.09. The van der Waals surface area contributed by atoms with E-state index in [4.69, 9.17) is 4.74 Å². The third kappa shape index (κ3) is 3.67. The van der Waals surface area contributed by atoms with Crippen LogP contribution in [0.25, 0.3) is 0 Å². The summed E-state index contributed by atoms with van der Waals surface area (Å²) in [5, 5.41) is 0. The van der Waals surface area contributed by atoms with Crippen molar-refractivity contribution in [2.24, 2.45) is 0 Å². The second-order valence-corrected chi connectivity index (χ2v) is 5.81. The molecule has 2 nitrogen and oxygen atoms in total. The lowest BCUT2D eigenvalue weighted by molar-refractivity contribution is 0.103. The zero-order valence-electron chi connectivity index (χ0n) is 12.4. The van der Waals surface area contributed by atoms with E-state index < -0.39 is 34.4 Å². The van der Waals surface area contributed by atoms with Gasteiger partial charge in [0.05, 0.1) is 5.56 Å². The smallest absolute Gasteiger partial charge is 0.198 e. The normalized spacial score (nSPS) is 11.4. The molecule has 0 spiro atoms. The number of ketones is 1. The molecular formula is C17H15F3O2. The number of hydrogen-bond donors (Lipinski definition) is 0. The molecule has 0 N–H and O–H groups in total. The summed E-state index contributed by atoms with van der Waals surface area (Å²) < 4.78 is 45.7. The van der Waals surface area contributed by atoms with Gasteiger partial charge in [-0.1, -0.05) is 0 Å². The third-order valence-electron chi connectivity index (χ3n) is 2.77. The monoisotopic (exact) mass is 308 g/mol. The maximum Gasteiger partial charge on any atom is 0.198 e. The molecule has 5 heteroatoms. The van der Waals surface area contributed by atoms with Crippen LogP contribution in [0.1, 0.15) is 36.7 Å². The van der Waals surface area contributed by atoms with Gasteiger partial charge < -0.3 is 4.74 Å². The molecule has 0 heterocycles. The molecule has 22 heavy (non-hydrogen) atoms. The Morgan fingerprint density at radius 3 is 1.91 bits per heavy atom. The van der Waals surface area contributed by atoms with Crippen LogP contribution in [0.15, 0.2) is 36.4 Å². The highest BCUT2D eigenvalue weighted by Crippen LogP contribution is 2.22. The van der Waals surface area contributed by atoms with Gasteiger partial charge in [0.15, 0.2) is 5.78 Å². The summed E-state index contributed by atoms with van der Waals surface area (Å²) >= 11 is 0. The van der Waals surface area contributed by atoms with E-state index in [-0.39, 0.29) is 5.56 Å². The van der Waals surface area contributed by atoms with Gasteiger partial charge in [-0.3, -0.25) is 4.79 Å². The van der Waals surface area contributed by atoms with E-state index in [0.29, 0.717) is 17.9 Å². The molecular weight excluding hydrogens is 293 g/mol. The van der Waals surface area contributed by atoms with Gasteiger partial charge in [-0.15, -0.1) is 0 Å². The summed E-state index contributed by atoms with van der Waals surface area (Å²) in [5.74, 6) is -3.84. The van der Waals surface area contributed by atoms with Crippen molar-refractivity contribution < 1.29 is 22.7 Å². The lowest BCUT2D eigenvalue weighted by Gasteiger charge is -2.21. The summed E-state index contributed by atoms with van der Waals surface area (Å²) in [6, 6.07) is 6.85. The molecule has 0 aromatic heterocycles. The van der Waals surface area contributed by atoms with E-state index in [1.54, 1.807) is 0 Å². The fourth-order valence-corrected chi connectivity index (χ4v) is 1.93. The van der Waals surface area contributed by atoms with Crippen molar-refractivity contribution in [3.05, 3.63) is 65.0 Å². The quantitative estimate of drug-likeness (QED) is 0.780. The largest absolute Gasteiger partial charge is 0.488 e. The Hall–Kier alpha value is -2.30. The number of hydrogen-bond acceptors (Lipinski definition) is 2. The fraction of sp³-hybridized carbons (Fsp3) is 0.235. The van der Waals surface area contributed by atoms with Crippen LogP contribution in [0.4, 0.5) is 13.2 Å². The van der Waals surface area contributed by atoms with Crippen molar-refractivity contribution in [3.63, 3.8) is 0 Å². The standard InChI is InChI=1S/C17H15F3O2/c1-17(2,3)22-12-6-4-10(5-7-12)16(21)15-13(19)8-11(18)9-14(15)20/h4-9H,1-3H3. The molecule has 0 unspecified atom stereocenters. The number of halogens is 3. The SMILES string of the molecule is CC(C)(C)Oc1ccc(C(=O)c2c(F)cc(F)cc2F)cc1. The second-order valence-electron chi connectivity index (χ2n) is 5.81. The molecule has 2 aromatic carbocycles. The minimum atomic E-state index is -1.22. The van der Waals surface area contributed by atoms with E-state index in [9.17, 15) is 18.0 Å². The van der Waals surface area contributed by atoms with Crippen LogP contribution < -0.4 is 4.74 Å². The van der Waals surface area contributed by atoms with Gasteiger partial charge in [0.25, 0.3) is 0 Å². The third-order valence-corrected chi connectivity index (χ3v) is 2.77. The molecule has 0 aliphatic heterocycles. The average Bonchev–Trinajstić information content (AvgIpc) is 2.36. The molecule has 0 amide bonds. The lowest BCUT2D eigenvalue weighted by atomic mass is 10.0. The minimum Gasteiger partial charge on any atom is -0.488 e. The first kappa shape index (κ1) is 16.1. The lowest BCUT2D eigenvalue weighted by Crippen LogP contribution is -2.22. The van der Waals surface area contributed by atoms with Gasteiger partial charge in [-0.2, -0.15) is 0 Å². The van der Waals surface area contributed by atoms with Gasteiger partial charge in [0, 0.05) is 17.7 Å². The minimum absolute atomic E-state index is 0.0886. The van der Waals surface area contributed by atoms with E-state index in [2.05, 4.69) is 0 Å². The van der Waals surface area contributed by atoms with Crippen molar-refractivity contribution in [3.8, 4) is 5.75 Å². The molecule has 0 fully saturated rings. The van der Waals surface area contributed by atoms with E-state index in [1.165, 1.54) is 24.3 Å². The highest BCUT2D eigenvalue weighted by atomic mass is 19.1. The maximum absolute atomic E-state index is 13.6. The van der Waals surface area contributed by atoms with Crippen molar-refractivity contribution in [2.45, 2.75) is 26.4 Å². The molecule has 0 aliphatic carbocycles. The number of carbonyl (C=O) groups excluding carboxylic acids is 1. The molecule has 116 valence electrons. The van der Waals surface area contributed by atoms with E-state index in [0.717, 1.165) is 0 Å². The van der Waals surface area contributed by atoms with Crippen LogP contribution in [0, 0.1) is 17.5 Å². The van der Waals surface area contributed by atoms with Gasteiger partial charge in [0.2, 0.25) is 0 Å². The van der Waals surface area contributed by atoms with E-state index in [1.807, 2.05) is 20.8 Å². The molecule has 2 aromatic rings. The molecule has 0 atom stereocenters. The summed E-state index contributed by atoms with van der Waals surface area (Å²) in [6.07, 6.45) is 0. The number of rotatable bonds is 3. The first-order chi connectivity index (χ1) is 10.2. The summed E-state index contributed by atoms with van der Waals surface area (Å²) in [7, 11) is 0. The van der Waals surface area contributed by atoms with Crippen LogP contribution in [0.2, 0.25) is 0 Å². The van der Waals surface area contributed by atoms with Gasteiger partial charge in [-0.05, 0) is 45.0 Å². The Kier molecular flexibility index (Phi) is 4.26. The zero-order valence-corrected chi connectivity index (χ0v) is 12.4. The zero-order chi connectivity index (χ0) is 16.5. The Balaban J connectivity index is 2.31. The van der Waals surface area contributed by atoms with Crippen LogP contribution in [-0.2, 0) is 0 Å². The van der Waals surface area contributed by atoms with Gasteiger partial charge in [0.1, 0.15) is 28.8 Å². The Bertz CT molecular complexity index is 678. The summed E-state index contributed by atoms with van der Waals surface area (Å²) in [6.45, 7) is 5.61. The van der Waals surface area contributed by atoms with Gasteiger partial charge >= 0.3 is 0 Å². The summed E-state index contributed by atoms with van der Waals surface area (Å²) in [4.78, 5) is 12.2. The molecule has 0 aliphatic rings. The predicted molar refractivity (Wildman–Crippen MR) is 76.6 cm³/mol. The topological polar surface area (TPSA) is 26.3 Å². The van der Waals surface area contributed by atoms with Crippen molar-refractivity contribution in [1.82, 2.24) is 0 Å². The fourth-order valence-electron chi connectivity index (χ4n) is 1.93. The maximum atomic E-state index is 13.6. The second kappa shape index (κ2) is 5.83. The van der Waals surface area contributed by atoms with E-state index >= 15 is 0 Å². The number of carbonyl (C=O) groups is 1.